The highest BCUT2D eigenvalue weighted by Gasteiger charge is 2.81. The Kier molecular flexibility index (Phi) is 7.34. The summed E-state index contributed by atoms with van der Waals surface area (Å²) in [5, 5.41) is 0. The monoisotopic (exact) mass is 446 g/mol. The molecule has 0 N–H and O–H groups in total. The minimum atomic E-state index is -6.96. The molecule has 0 fully saturated rings. The van der Waals surface area contributed by atoms with Gasteiger partial charge in [-0.25, -0.2) is 0 Å². The van der Waals surface area contributed by atoms with Gasteiger partial charge >= 0.3 is 23.9 Å². The van der Waals surface area contributed by atoms with E-state index in [9.17, 15) is 44.3 Å². The highest BCUT2D eigenvalue weighted by atomic mass is 19.4. The summed E-state index contributed by atoms with van der Waals surface area (Å²) >= 11 is 0. The highest BCUT2D eigenvalue weighted by Crippen LogP contribution is 2.55. The Balaban J connectivity index is 3.34. The van der Waals surface area contributed by atoms with Crippen LogP contribution >= 0.6 is 0 Å². The molecule has 1 aromatic carbocycles. The molecular weight excluding hydrogens is 427 g/mol. The lowest BCUT2D eigenvalue weighted by molar-refractivity contribution is -0.397. The van der Waals surface area contributed by atoms with Crippen LogP contribution < -0.4 is 0 Å². The smallest absolute Gasteiger partial charge is 0.299 e. The van der Waals surface area contributed by atoms with Gasteiger partial charge in [-0.2, -0.15) is 39.5 Å². The molecule has 0 amide bonds. The standard InChI is InChI=1S/C20H19F9O/c1-13(30)16(2,3)11-15(10-9-14-7-5-4-6-8-14)12-17(21,22)18(23,24)19(25,26)20(27,28)29/h4-8,15H,11-12H2,1-3H3/t15-/m0/s1. The molecule has 0 aromatic heterocycles. The Bertz CT molecular complexity index is 799. The Hall–Kier alpha value is -2.18. The normalized spacial score (nSPS) is 14.7. The molecule has 1 rings (SSSR count). The van der Waals surface area contributed by atoms with Gasteiger partial charge in [-0.1, -0.05) is 43.9 Å². The van der Waals surface area contributed by atoms with Crippen LogP contribution in [0.3, 0.4) is 0 Å². The number of carbonyl (C=O) groups excluding carboxylic acids is 1. The number of Topliss-reactive ketones (excluding diaryl/α,β-unsaturated/α-hetero) is 1. The van der Waals surface area contributed by atoms with E-state index in [4.69, 9.17) is 0 Å². The molecule has 30 heavy (non-hydrogen) atoms. The van der Waals surface area contributed by atoms with E-state index in [-0.39, 0.29) is 5.56 Å². The van der Waals surface area contributed by atoms with E-state index in [1.807, 2.05) is 0 Å². The van der Waals surface area contributed by atoms with Crippen LogP contribution in [0, 0.1) is 23.2 Å². The molecule has 1 aromatic rings. The molecular formula is C20H19F9O. The lowest BCUT2D eigenvalue weighted by Crippen LogP contribution is -2.61. The topological polar surface area (TPSA) is 17.1 Å². The van der Waals surface area contributed by atoms with Gasteiger partial charge in [0.05, 0.1) is 0 Å². The predicted octanol–water partition coefficient (Wildman–Crippen LogP) is 6.52. The Morgan fingerprint density at radius 1 is 0.867 bits per heavy atom. The maximum absolute atomic E-state index is 14.1. The number of alkyl halides is 9. The summed E-state index contributed by atoms with van der Waals surface area (Å²) in [6, 6.07) is 7.57. The minimum Gasteiger partial charge on any atom is -0.299 e. The van der Waals surface area contributed by atoms with Crippen LogP contribution in [0.4, 0.5) is 39.5 Å². The SMILES string of the molecule is CC(=O)C(C)(C)C[C@H](C#Cc1ccccc1)CC(F)(F)C(F)(F)C(F)(F)C(F)(F)F. The van der Waals surface area contributed by atoms with Gasteiger partial charge in [0.15, 0.2) is 0 Å². The van der Waals surface area contributed by atoms with Gasteiger partial charge in [0.1, 0.15) is 5.78 Å². The first kappa shape index (κ1) is 25.9. The van der Waals surface area contributed by atoms with Crippen LogP contribution in [0.5, 0.6) is 0 Å². The molecule has 0 spiro atoms. The van der Waals surface area contributed by atoms with Crippen molar-refractivity contribution >= 4 is 5.78 Å². The van der Waals surface area contributed by atoms with Crippen LogP contribution in [-0.2, 0) is 4.79 Å². The second-order valence-corrected chi connectivity index (χ2v) is 7.53. The van der Waals surface area contributed by atoms with E-state index in [1.54, 1.807) is 6.07 Å². The number of halogens is 9. The van der Waals surface area contributed by atoms with Crippen molar-refractivity contribution in [1.82, 2.24) is 0 Å². The molecule has 0 aliphatic carbocycles. The second kappa shape index (κ2) is 8.52. The highest BCUT2D eigenvalue weighted by molar-refractivity contribution is 5.81. The van der Waals surface area contributed by atoms with Gasteiger partial charge in [-0.3, -0.25) is 4.79 Å². The first-order chi connectivity index (χ1) is 13.3. The molecule has 0 aliphatic heterocycles. The van der Waals surface area contributed by atoms with Gasteiger partial charge in [0.25, 0.3) is 0 Å². The van der Waals surface area contributed by atoms with E-state index in [0.29, 0.717) is 0 Å². The van der Waals surface area contributed by atoms with Crippen molar-refractivity contribution in [3.8, 4) is 11.8 Å². The van der Waals surface area contributed by atoms with Gasteiger partial charge < -0.3 is 0 Å². The first-order valence-corrected chi connectivity index (χ1v) is 8.63. The zero-order valence-corrected chi connectivity index (χ0v) is 16.2. The van der Waals surface area contributed by atoms with Crippen LogP contribution in [0.25, 0.3) is 0 Å². The Labute approximate surface area is 167 Å². The van der Waals surface area contributed by atoms with Crippen LogP contribution in [0.2, 0.25) is 0 Å². The number of hydrogen-bond donors (Lipinski definition) is 0. The average molecular weight is 446 g/mol. The molecule has 0 heterocycles. The van der Waals surface area contributed by atoms with Crippen molar-refractivity contribution in [1.29, 1.82) is 0 Å². The third-order valence-corrected chi connectivity index (χ3v) is 4.62. The molecule has 10 heteroatoms. The Morgan fingerprint density at radius 2 is 1.37 bits per heavy atom. The van der Waals surface area contributed by atoms with Crippen molar-refractivity contribution in [3.05, 3.63) is 35.9 Å². The van der Waals surface area contributed by atoms with Gasteiger partial charge in [-0.05, 0) is 25.5 Å². The summed E-state index contributed by atoms with van der Waals surface area (Å²) in [4.78, 5) is 11.7. The molecule has 0 aliphatic rings. The van der Waals surface area contributed by atoms with Crippen molar-refractivity contribution in [2.75, 3.05) is 0 Å². The Morgan fingerprint density at radius 3 is 1.80 bits per heavy atom. The van der Waals surface area contributed by atoms with E-state index >= 15 is 0 Å². The summed E-state index contributed by atoms with van der Waals surface area (Å²) < 4.78 is 119. The van der Waals surface area contributed by atoms with Crippen LogP contribution in [-0.4, -0.2) is 29.7 Å². The second-order valence-electron chi connectivity index (χ2n) is 7.53. The first-order valence-electron chi connectivity index (χ1n) is 8.63. The molecule has 1 nitrogen and oxygen atoms in total. The zero-order valence-electron chi connectivity index (χ0n) is 16.2. The van der Waals surface area contributed by atoms with Gasteiger partial charge in [0, 0.05) is 23.3 Å². The molecule has 0 saturated heterocycles. The van der Waals surface area contributed by atoms with E-state index in [2.05, 4.69) is 11.8 Å². The molecule has 0 unspecified atom stereocenters. The fourth-order valence-corrected chi connectivity index (χ4v) is 2.49. The number of rotatable bonds is 7. The predicted molar refractivity (Wildman–Crippen MR) is 91.4 cm³/mol. The quantitative estimate of drug-likeness (QED) is 0.344. The number of carbonyl (C=O) groups is 1. The maximum atomic E-state index is 14.1. The third kappa shape index (κ3) is 5.49. The summed E-state index contributed by atoms with van der Waals surface area (Å²) in [5.74, 6) is -17.1. The molecule has 0 saturated carbocycles. The minimum absolute atomic E-state index is 0.277. The number of hydrogen-bond acceptors (Lipinski definition) is 1. The van der Waals surface area contributed by atoms with Gasteiger partial charge in [-0.15, -0.1) is 0 Å². The third-order valence-electron chi connectivity index (χ3n) is 4.62. The van der Waals surface area contributed by atoms with E-state index in [1.165, 1.54) is 38.1 Å². The fourth-order valence-electron chi connectivity index (χ4n) is 2.49. The molecule has 168 valence electrons. The summed E-state index contributed by atoms with van der Waals surface area (Å²) in [6.07, 6.45) is -9.53. The summed E-state index contributed by atoms with van der Waals surface area (Å²) in [6.45, 7) is 3.70. The fraction of sp³-hybridized carbons (Fsp3) is 0.550. The van der Waals surface area contributed by atoms with E-state index in [0.717, 1.165) is 6.92 Å². The lowest BCUT2D eigenvalue weighted by Gasteiger charge is -2.35. The number of ketones is 1. The van der Waals surface area contributed by atoms with Crippen LogP contribution in [0.15, 0.2) is 30.3 Å². The van der Waals surface area contributed by atoms with Crippen molar-refractivity contribution in [2.45, 2.75) is 57.6 Å². The van der Waals surface area contributed by atoms with Crippen molar-refractivity contribution < 1.29 is 44.3 Å². The van der Waals surface area contributed by atoms with Gasteiger partial charge in [0.2, 0.25) is 0 Å². The van der Waals surface area contributed by atoms with Crippen molar-refractivity contribution in [2.24, 2.45) is 11.3 Å². The summed E-state index contributed by atoms with van der Waals surface area (Å²) in [7, 11) is 0. The molecule has 1 atom stereocenters. The summed E-state index contributed by atoms with van der Waals surface area (Å²) in [5.41, 5.74) is -1.08. The molecule has 0 radical (unpaired) electrons. The maximum Gasteiger partial charge on any atom is 0.460 e. The number of benzene rings is 1. The largest absolute Gasteiger partial charge is 0.460 e. The van der Waals surface area contributed by atoms with Crippen molar-refractivity contribution in [3.63, 3.8) is 0 Å². The lowest BCUT2D eigenvalue weighted by atomic mass is 9.77. The average Bonchev–Trinajstić information content (AvgIpc) is 2.58. The van der Waals surface area contributed by atoms with Crippen LogP contribution in [0.1, 0.15) is 39.2 Å². The van der Waals surface area contributed by atoms with E-state index < -0.39 is 53.9 Å². The zero-order chi connectivity index (χ0) is 23.6. The molecule has 0 bridgehead atoms.